The molecule has 3 rings (SSSR count). The molecule has 0 saturated heterocycles. The van der Waals surface area contributed by atoms with Gasteiger partial charge >= 0.3 is 6.18 Å². The Bertz CT molecular complexity index is 1170. The number of aromatic amines is 1. The van der Waals surface area contributed by atoms with E-state index in [1.54, 1.807) is 12.1 Å². The number of anilines is 1. The van der Waals surface area contributed by atoms with E-state index in [0.29, 0.717) is 22.7 Å². The number of halogens is 3. The third kappa shape index (κ3) is 3.81. The highest BCUT2D eigenvalue weighted by molar-refractivity contribution is 7.92. The van der Waals surface area contributed by atoms with Gasteiger partial charge in [0.05, 0.1) is 10.5 Å². The first-order chi connectivity index (χ1) is 13.0. The highest BCUT2D eigenvalue weighted by Gasteiger charge is 2.32. The van der Waals surface area contributed by atoms with Crippen LogP contribution in [0.15, 0.2) is 47.4 Å². The summed E-state index contributed by atoms with van der Waals surface area (Å²) in [6, 6.07) is 8.60. The van der Waals surface area contributed by atoms with Gasteiger partial charge in [-0.2, -0.15) is 13.2 Å². The number of aryl methyl sites for hydroxylation is 1. The zero-order valence-electron chi connectivity index (χ0n) is 14.8. The molecule has 0 radical (unpaired) electrons. The van der Waals surface area contributed by atoms with Gasteiger partial charge in [0.15, 0.2) is 0 Å². The summed E-state index contributed by atoms with van der Waals surface area (Å²) in [6.07, 6.45) is -4.65. The number of hydrogen-bond donors (Lipinski definition) is 3. The standard InChI is InChI=1S/C18H16F3N3O3S/c1-10-3-4-12(18(19,20)21)9-16(10)28(26,27)24-13-5-6-14-11(7-13)8-15(23-14)17(25)22-2/h3-9,23-24H,1-2H3,(H,22,25). The highest BCUT2D eigenvalue weighted by Crippen LogP contribution is 2.32. The van der Waals surface area contributed by atoms with Gasteiger partial charge in [-0.3, -0.25) is 9.52 Å². The number of amides is 1. The van der Waals surface area contributed by atoms with Crippen molar-refractivity contribution in [2.75, 3.05) is 11.8 Å². The molecule has 28 heavy (non-hydrogen) atoms. The zero-order chi connectivity index (χ0) is 20.7. The minimum absolute atomic E-state index is 0.159. The number of fused-ring (bicyclic) bond motifs is 1. The van der Waals surface area contributed by atoms with E-state index in [9.17, 15) is 26.4 Å². The van der Waals surface area contributed by atoms with Crippen molar-refractivity contribution in [3.63, 3.8) is 0 Å². The van der Waals surface area contributed by atoms with Crippen molar-refractivity contribution < 1.29 is 26.4 Å². The number of sulfonamides is 1. The minimum Gasteiger partial charge on any atom is -0.354 e. The number of nitrogens with one attached hydrogen (secondary N) is 3. The Hall–Kier alpha value is -3.01. The number of H-pyrrole nitrogens is 1. The maximum absolute atomic E-state index is 12.9. The normalized spacial score (nSPS) is 12.2. The van der Waals surface area contributed by atoms with Gasteiger partial charge in [0.1, 0.15) is 5.69 Å². The average Bonchev–Trinajstić information content (AvgIpc) is 3.03. The van der Waals surface area contributed by atoms with E-state index in [1.165, 1.54) is 26.1 Å². The number of aromatic nitrogens is 1. The smallest absolute Gasteiger partial charge is 0.354 e. The number of rotatable bonds is 4. The van der Waals surface area contributed by atoms with E-state index in [4.69, 9.17) is 0 Å². The van der Waals surface area contributed by atoms with Crippen molar-refractivity contribution in [3.05, 3.63) is 59.3 Å². The van der Waals surface area contributed by atoms with Crippen molar-refractivity contribution in [2.24, 2.45) is 0 Å². The number of hydrogen-bond acceptors (Lipinski definition) is 3. The highest BCUT2D eigenvalue weighted by atomic mass is 32.2. The summed E-state index contributed by atoms with van der Waals surface area (Å²) in [5, 5.41) is 3.04. The monoisotopic (exact) mass is 411 g/mol. The largest absolute Gasteiger partial charge is 0.416 e. The Morgan fingerprint density at radius 2 is 1.79 bits per heavy atom. The first kappa shape index (κ1) is 19.7. The van der Waals surface area contributed by atoms with Gasteiger partial charge in [-0.25, -0.2) is 8.42 Å². The van der Waals surface area contributed by atoms with Crippen LogP contribution in [0.3, 0.4) is 0 Å². The molecule has 1 heterocycles. The summed E-state index contributed by atoms with van der Waals surface area (Å²) in [5.74, 6) is -0.335. The van der Waals surface area contributed by atoms with Crippen LogP contribution >= 0.6 is 0 Å². The molecule has 148 valence electrons. The predicted octanol–water partition coefficient (Wildman–Crippen LogP) is 3.66. The lowest BCUT2D eigenvalue weighted by atomic mass is 10.1. The summed E-state index contributed by atoms with van der Waals surface area (Å²) >= 11 is 0. The second-order valence-corrected chi connectivity index (χ2v) is 7.80. The Labute approximate surface area is 158 Å². The van der Waals surface area contributed by atoms with Crippen molar-refractivity contribution in [1.29, 1.82) is 0 Å². The van der Waals surface area contributed by atoms with Gasteiger partial charge in [0.2, 0.25) is 0 Å². The van der Waals surface area contributed by atoms with Crippen LogP contribution in [0, 0.1) is 6.92 Å². The molecule has 0 aliphatic heterocycles. The number of alkyl halides is 3. The maximum atomic E-state index is 12.9. The summed E-state index contributed by atoms with van der Waals surface area (Å²) in [5.41, 5.74) is 0.203. The van der Waals surface area contributed by atoms with E-state index < -0.39 is 26.7 Å². The van der Waals surface area contributed by atoms with Crippen LogP contribution in [0.1, 0.15) is 21.6 Å². The van der Waals surface area contributed by atoms with Crippen LogP contribution < -0.4 is 10.0 Å². The van der Waals surface area contributed by atoms with Crippen LogP contribution in [-0.4, -0.2) is 26.4 Å². The van der Waals surface area contributed by atoms with Crippen molar-refractivity contribution in [3.8, 4) is 0 Å². The second kappa shape index (κ2) is 6.86. The number of benzene rings is 2. The lowest BCUT2D eigenvalue weighted by Gasteiger charge is -2.13. The average molecular weight is 411 g/mol. The SMILES string of the molecule is CNC(=O)c1cc2cc(NS(=O)(=O)c3cc(C(F)(F)F)ccc3C)ccc2[nH]1. The van der Waals surface area contributed by atoms with Gasteiger partial charge < -0.3 is 10.3 Å². The Morgan fingerprint density at radius 3 is 2.43 bits per heavy atom. The quantitative estimate of drug-likeness (QED) is 0.612. The molecular formula is C18H16F3N3O3S. The third-order valence-corrected chi connectivity index (χ3v) is 5.67. The van der Waals surface area contributed by atoms with Crippen LogP contribution in [0.4, 0.5) is 18.9 Å². The van der Waals surface area contributed by atoms with Crippen LogP contribution in [0.5, 0.6) is 0 Å². The summed E-state index contributed by atoms with van der Waals surface area (Å²) in [4.78, 5) is 14.1. The summed E-state index contributed by atoms with van der Waals surface area (Å²) < 4.78 is 66.4. The lowest BCUT2D eigenvalue weighted by Crippen LogP contribution is -2.17. The minimum atomic E-state index is -4.65. The second-order valence-electron chi connectivity index (χ2n) is 6.15. The fourth-order valence-electron chi connectivity index (χ4n) is 2.73. The molecule has 0 saturated carbocycles. The van der Waals surface area contributed by atoms with E-state index in [2.05, 4.69) is 15.0 Å². The van der Waals surface area contributed by atoms with E-state index in [1.807, 2.05) is 0 Å². The van der Waals surface area contributed by atoms with Crippen LogP contribution in [0.25, 0.3) is 10.9 Å². The molecule has 1 aromatic heterocycles. The number of carbonyl (C=O) groups excluding carboxylic acids is 1. The topological polar surface area (TPSA) is 91.1 Å². The summed E-state index contributed by atoms with van der Waals surface area (Å²) in [7, 11) is -2.77. The molecule has 6 nitrogen and oxygen atoms in total. The van der Waals surface area contributed by atoms with Crippen LogP contribution in [-0.2, 0) is 16.2 Å². The van der Waals surface area contributed by atoms with E-state index in [-0.39, 0.29) is 17.2 Å². The lowest BCUT2D eigenvalue weighted by molar-refractivity contribution is -0.137. The Kier molecular flexibility index (Phi) is 4.84. The molecule has 10 heteroatoms. The molecule has 2 aromatic carbocycles. The molecule has 0 spiro atoms. The Morgan fingerprint density at radius 1 is 1.07 bits per heavy atom. The predicted molar refractivity (Wildman–Crippen MR) is 98.7 cm³/mol. The molecule has 3 N–H and O–H groups in total. The van der Waals surface area contributed by atoms with Gasteiger partial charge in [-0.15, -0.1) is 0 Å². The molecule has 0 atom stereocenters. The Balaban J connectivity index is 1.97. The maximum Gasteiger partial charge on any atom is 0.416 e. The fourth-order valence-corrected chi connectivity index (χ4v) is 4.05. The molecule has 0 unspecified atom stereocenters. The van der Waals surface area contributed by atoms with E-state index >= 15 is 0 Å². The third-order valence-electron chi connectivity index (χ3n) is 4.15. The first-order valence-corrected chi connectivity index (χ1v) is 9.55. The molecule has 0 bridgehead atoms. The first-order valence-electron chi connectivity index (χ1n) is 8.07. The fraction of sp³-hybridized carbons (Fsp3) is 0.167. The molecule has 0 aliphatic carbocycles. The van der Waals surface area contributed by atoms with Crippen molar-refractivity contribution >= 4 is 32.5 Å². The van der Waals surface area contributed by atoms with Crippen molar-refractivity contribution in [1.82, 2.24) is 10.3 Å². The van der Waals surface area contributed by atoms with Crippen molar-refractivity contribution in [2.45, 2.75) is 18.0 Å². The molecule has 1 amide bonds. The molecule has 0 fully saturated rings. The number of carbonyl (C=O) groups is 1. The van der Waals surface area contributed by atoms with Gasteiger partial charge in [-0.05, 0) is 48.9 Å². The molecule has 0 aliphatic rings. The van der Waals surface area contributed by atoms with Gasteiger partial charge in [0.25, 0.3) is 15.9 Å². The van der Waals surface area contributed by atoms with E-state index in [0.717, 1.165) is 12.1 Å². The zero-order valence-corrected chi connectivity index (χ0v) is 15.6. The van der Waals surface area contributed by atoms with Crippen LogP contribution in [0.2, 0.25) is 0 Å². The van der Waals surface area contributed by atoms with Gasteiger partial charge in [-0.1, -0.05) is 6.07 Å². The molecular weight excluding hydrogens is 395 g/mol. The molecule has 3 aromatic rings. The van der Waals surface area contributed by atoms with Gasteiger partial charge in [0, 0.05) is 23.6 Å². The summed E-state index contributed by atoms with van der Waals surface area (Å²) in [6.45, 7) is 1.42.